The second-order valence-corrected chi connectivity index (χ2v) is 4.91. The quantitative estimate of drug-likeness (QED) is 0.853. The topological polar surface area (TPSA) is 43.1 Å². The number of carbonyl (C=O) groups excluding carboxylic acids is 1. The largest absolute Gasteiger partial charge is 0.326 e. The first-order chi connectivity index (χ1) is 9.04. The first kappa shape index (κ1) is 13.5. The Morgan fingerprint density at radius 3 is 2.47 bits per heavy atom. The van der Waals surface area contributed by atoms with Crippen molar-refractivity contribution in [1.29, 1.82) is 0 Å². The van der Waals surface area contributed by atoms with Crippen molar-refractivity contribution < 1.29 is 4.79 Å². The second-order valence-electron chi connectivity index (χ2n) is 4.91. The fraction of sp³-hybridized carbons (Fsp3) is 0.235. The highest BCUT2D eigenvalue weighted by molar-refractivity contribution is 6.10. The fourth-order valence-corrected chi connectivity index (χ4v) is 2.20. The third-order valence-electron chi connectivity index (χ3n) is 3.73. The Hall–Kier alpha value is -1.93. The van der Waals surface area contributed by atoms with Crippen LogP contribution in [0.2, 0.25) is 0 Å². The molecule has 0 atom stereocenters. The molecule has 19 heavy (non-hydrogen) atoms. The SMILES string of the molecule is Cc1ccc(C(=O)c2cccc(CN)c2)c(C)c1C. The van der Waals surface area contributed by atoms with Crippen molar-refractivity contribution in [2.24, 2.45) is 5.73 Å². The summed E-state index contributed by atoms with van der Waals surface area (Å²) < 4.78 is 0. The van der Waals surface area contributed by atoms with Gasteiger partial charge in [0.05, 0.1) is 0 Å². The highest BCUT2D eigenvalue weighted by Gasteiger charge is 2.13. The van der Waals surface area contributed by atoms with E-state index >= 15 is 0 Å². The van der Waals surface area contributed by atoms with Crippen LogP contribution in [0.1, 0.15) is 38.2 Å². The second kappa shape index (κ2) is 5.37. The lowest BCUT2D eigenvalue weighted by Crippen LogP contribution is -2.07. The van der Waals surface area contributed by atoms with Crippen molar-refractivity contribution in [3.8, 4) is 0 Å². The van der Waals surface area contributed by atoms with E-state index in [1.807, 2.05) is 43.3 Å². The maximum Gasteiger partial charge on any atom is 0.193 e. The molecule has 0 saturated carbocycles. The average molecular weight is 253 g/mol. The Kier molecular flexibility index (Phi) is 3.82. The van der Waals surface area contributed by atoms with E-state index in [-0.39, 0.29) is 5.78 Å². The molecule has 2 nitrogen and oxygen atoms in total. The lowest BCUT2D eigenvalue weighted by molar-refractivity contribution is 0.103. The molecule has 0 radical (unpaired) electrons. The van der Waals surface area contributed by atoms with Crippen molar-refractivity contribution in [3.63, 3.8) is 0 Å². The molecule has 0 unspecified atom stereocenters. The molecular formula is C17H19NO. The lowest BCUT2D eigenvalue weighted by Gasteiger charge is -2.11. The number of hydrogen-bond acceptors (Lipinski definition) is 2. The van der Waals surface area contributed by atoms with Crippen molar-refractivity contribution in [3.05, 3.63) is 69.8 Å². The Bertz CT molecular complexity index is 629. The summed E-state index contributed by atoms with van der Waals surface area (Å²) in [7, 11) is 0. The first-order valence-corrected chi connectivity index (χ1v) is 6.45. The van der Waals surface area contributed by atoms with E-state index in [2.05, 4.69) is 13.8 Å². The number of hydrogen-bond donors (Lipinski definition) is 1. The molecule has 0 heterocycles. The monoisotopic (exact) mass is 253 g/mol. The lowest BCUT2D eigenvalue weighted by atomic mass is 9.93. The summed E-state index contributed by atoms with van der Waals surface area (Å²) in [6.45, 7) is 6.57. The van der Waals surface area contributed by atoms with Gasteiger partial charge in [0.1, 0.15) is 0 Å². The van der Waals surface area contributed by atoms with Gasteiger partial charge in [-0.15, -0.1) is 0 Å². The molecule has 0 spiro atoms. The molecule has 0 fully saturated rings. The van der Waals surface area contributed by atoms with Crippen LogP contribution in [-0.4, -0.2) is 5.78 Å². The summed E-state index contributed by atoms with van der Waals surface area (Å²) in [6.07, 6.45) is 0. The average Bonchev–Trinajstić information content (AvgIpc) is 2.44. The molecule has 2 rings (SSSR count). The van der Waals surface area contributed by atoms with Gasteiger partial charge in [0.15, 0.2) is 5.78 Å². The van der Waals surface area contributed by atoms with Crippen LogP contribution >= 0.6 is 0 Å². The van der Waals surface area contributed by atoms with E-state index in [4.69, 9.17) is 5.73 Å². The molecule has 0 aliphatic carbocycles. The Morgan fingerprint density at radius 2 is 1.79 bits per heavy atom. The summed E-state index contributed by atoms with van der Waals surface area (Å²) in [5.41, 5.74) is 11.5. The van der Waals surface area contributed by atoms with Gasteiger partial charge in [0.2, 0.25) is 0 Å². The number of carbonyl (C=O) groups is 1. The third-order valence-corrected chi connectivity index (χ3v) is 3.73. The Labute approximate surface area is 114 Å². The first-order valence-electron chi connectivity index (χ1n) is 6.45. The maximum absolute atomic E-state index is 12.6. The summed E-state index contributed by atoms with van der Waals surface area (Å²) in [5, 5.41) is 0. The molecule has 2 aromatic carbocycles. The Balaban J connectivity index is 2.47. The molecular weight excluding hydrogens is 234 g/mol. The van der Waals surface area contributed by atoms with Gasteiger partial charge in [-0.25, -0.2) is 0 Å². The number of ketones is 1. The van der Waals surface area contributed by atoms with E-state index in [1.54, 1.807) is 0 Å². The van der Waals surface area contributed by atoms with Gasteiger partial charge < -0.3 is 5.73 Å². The Morgan fingerprint density at radius 1 is 1.05 bits per heavy atom. The maximum atomic E-state index is 12.6. The zero-order valence-electron chi connectivity index (χ0n) is 11.7. The zero-order valence-corrected chi connectivity index (χ0v) is 11.7. The van der Waals surface area contributed by atoms with E-state index < -0.39 is 0 Å². The van der Waals surface area contributed by atoms with E-state index in [0.29, 0.717) is 12.1 Å². The van der Waals surface area contributed by atoms with Gasteiger partial charge in [0, 0.05) is 17.7 Å². The smallest absolute Gasteiger partial charge is 0.193 e. The van der Waals surface area contributed by atoms with Crippen molar-refractivity contribution in [2.45, 2.75) is 27.3 Å². The minimum Gasteiger partial charge on any atom is -0.326 e. The van der Waals surface area contributed by atoms with Crippen LogP contribution < -0.4 is 5.73 Å². The molecule has 0 bridgehead atoms. The third kappa shape index (κ3) is 2.59. The fourth-order valence-electron chi connectivity index (χ4n) is 2.20. The van der Waals surface area contributed by atoms with Crippen LogP contribution in [0.5, 0.6) is 0 Å². The van der Waals surface area contributed by atoms with Gasteiger partial charge in [-0.3, -0.25) is 4.79 Å². The minimum atomic E-state index is 0.0656. The van der Waals surface area contributed by atoms with Gasteiger partial charge in [-0.05, 0) is 49.1 Å². The van der Waals surface area contributed by atoms with E-state index in [0.717, 1.165) is 16.7 Å². The van der Waals surface area contributed by atoms with E-state index in [9.17, 15) is 4.79 Å². The summed E-state index contributed by atoms with van der Waals surface area (Å²) in [6, 6.07) is 11.4. The molecule has 0 amide bonds. The molecule has 0 saturated heterocycles. The molecule has 2 heteroatoms. The van der Waals surface area contributed by atoms with Crippen molar-refractivity contribution >= 4 is 5.78 Å². The molecule has 98 valence electrons. The number of nitrogens with two attached hydrogens (primary N) is 1. The van der Waals surface area contributed by atoms with Gasteiger partial charge >= 0.3 is 0 Å². The standard InChI is InChI=1S/C17H19NO/c1-11-7-8-16(13(3)12(11)2)17(19)15-6-4-5-14(9-15)10-18/h4-9H,10,18H2,1-3H3. The van der Waals surface area contributed by atoms with Crippen LogP contribution in [-0.2, 0) is 6.54 Å². The summed E-state index contributed by atoms with van der Waals surface area (Å²) >= 11 is 0. The van der Waals surface area contributed by atoms with Crippen molar-refractivity contribution in [2.75, 3.05) is 0 Å². The molecule has 0 aliphatic rings. The van der Waals surface area contributed by atoms with Crippen LogP contribution in [0.25, 0.3) is 0 Å². The van der Waals surface area contributed by atoms with Crippen molar-refractivity contribution in [1.82, 2.24) is 0 Å². The van der Waals surface area contributed by atoms with Crippen LogP contribution in [0.15, 0.2) is 36.4 Å². The van der Waals surface area contributed by atoms with Gasteiger partial charge in [-0.1, -0.05) is 30.3 Å². The van der Waals surface area contributed by atoms with Crippen LogP contribution in [0, 0.1) is 20.8 Å². The summed E-state index contributed by atoms with van der Waals surface area (Å²) in [5.74, 6) is 0.0656. The molecule has 2 N–H and O–H groups in total. The minimum absolute atomic E-state index is 0.0656. The van der Waals surface area contributed by atoms with E-state index in [1.165, 1.54) is 11.1 Å². The van der Waals surface area contributed by atoms with Crippen LogP contribution in [0.3, 0.4) is 0 Å². The predicted molar refractivity (Wildman–Crippen MR) is 78.4 cm³/mol. The highest BCUT2D eigenvalue weighted by Crippen LogP contribution is 2.20. The van der Waals surface area contributed by atoms with Gasteiger partial charge in [0.25, 0.3) is 0 Å². The number of rotatable bonds is 3. The molecule has 0 aromatic heterocycles. The number of aryl methyl sites for hydroxylation is 1. The van der Waals surface area contributed by atoms with Crippen LogP contribution in [0.4, 0.5) is 0 Å². The van der Waals surface area contributed by atoms with Gasteiger partial charge in [-0.2, -0.15) is 0 Å². The normalized spacial score (nSPS) is 10.5. The predicted octanol–water partition coefficient (Wildman–Crippen LogP) is 3.30. The summed E-state index contributed by atoms with van der Waals surface area (Å²) in [4.78, 5) is 12.6. The number of benzene rings is 2. The molecule has 0 aliphatic heterocycles. The highest BCUT2D eigenvalue weighted by atomic mass is 16.1. The zero-order chi connectivity index (χ0) is 14.0. The molecule has 2 aromatic rings.